The molecule has 0 aliphatic rings. The van der Waals surface area contributed by atoms with E-state index in [1.165, 1.54) is 23.9 Å². The van der Waals surface area contributed by atoms with Crippen LogP contribution in [0.2, 0.25) is 0 Å². The van der Waals surface area contributed by atoms with E-state index >= 15 is 0 Å². The van der Waals surface area contributed by atoms with Crippen LogP contribution in [0.15, 0.2) is 29.5 Å². The molecule has 136 valence electrons. The van der Waals surface area contributed by atoms with Crippen molar-refractivity contribution in [2.24, 2.45) is 0 Å². The second-order valence-corrected chi connectivity index (χ2v) is 7.14. The summed E-state index contributed by atoms with van der Waals surface area (Å²) in [6.45, 7) is 6.97. The zero-order valence-electron chi connectivity index (χ0n) is 14.9. The molecule has 0 radical (unpaired) electrons. The van der Waals surface area contributed by atoms with Gasteiger partial charge in [0.05, 0.1) is 5.39 Å². The summed E-state index contributed by atoms with van der Waals surface area (Å²) >= 11 is 0. The lowest BCUT2D eigenvalue weighted by molar-refractivity contribution is 0.0694. The van der Waals surface area contributed by atoms with E-state index in [0.717, 1.165) is 0 Å². The maximum absolute atomic E-state index is 14.9. The Balaban J connectivity index is 2.53. The minimum absolute atomic E-state index is 0.00725. The van der Waals surface area contributed by atoms with Crippen LogP contribution >= 0.6 is 0 Å². The first-order chi connectivity index (χ1) is 12.0. The highest BCUT2D eigenvalue weighted by Gasteiger charge is 2.25. The van der Waals surface area contributed by atoms with Gasteiger partial charge in [0.2, 0.25) is 5.43 Å². The summed E-state index contributed by atoms with van der Waals surface area (Å²) in [6, 6.07) is 1.60. The van der Waals surface area contributed by atoms with Crippen LogP contribution in [0.4, 0.5) is 10.1 Å². The molecule has 3 aromatic heterocycles. The Kier molecular flexibility index (Phi) is 3.86. The van der Waals surface area contributed by atoms with E-state index in [4.69, 9.17) is 5.73 Å². The number of carbonyl (C=O) groups is 1. The molecule has 3 rings (SSSR count). The molecule has 0 saturated heterocycles. The zero-order valence-corrected chi connectivity index (χ0v) is 14.9. The monoisotopic (exact) mass is 358 g/mol. The number of nitrogen functional groups attached to an aromatic ring is 1. The fraction of sp³-hybridized carbons (Fsp3) is 0.278. The Hall–Kier alpha value is -3.16. The molecular weight excluding hydrogens is 339 g/mol. The number of fused-ring (bicyclic) bond motifs is 1. The van der Waals surface area contributed by atoms with Gasteiger partial charge in [0, 0.05) is 35.4 Å². The minimum atomic E-state index is -1.36. The summed E-state index contributed by atoms with van der Waals surface area (Å²) in [4.78, 5) is 28.5. The third kappa shape index (κ3) is 2.63. The molecule has 0 aliphatic carbocycles. The summed E-state index contributed by atoms with van der Waals surface area (Å²) in [5.74, 6) is -2.07. The summed E-state index contributed by atoms with van der Waals surface area (Å²) in [6.07, 6.45) is 4.34. The highest BCUT2D eigenvalue weighted by Crippen LogP contribution is 2.27. The average Bonchev–Trinajstić information content (AvgIpc) is 2.95. The maximum atomic E-state index is 14.9. The number of aromatic nitrogens is 3. The summed E-state index contributed by atoms with van der Waals surface area (Å²) in [7, 11) is 0. The second kappa shape index (κ2) is 5.69. The molecule has 26 heavy (non-hydrogen) atoms. The number of rotatable bonds is 2. The predicted octanol–water partition coefficient (Wildman–Crippen LogP) is 2.67. The molecule has 0 atom stereocenters. The van der Waals surface area contributed by atoms with Gasteiger partial charge >= 0.3 is 5.97 Å². The average molecular weight is 358 g/mol. The summed E-state index contributed by atoms with van der Waals surface area (Å²) < 4.78 is 18.0. The van der Waals surface area contributed by atoms with Crippen molar-refractivity contribution in [3.8, 4) is 5.82 Å². The van der Waals surface area contributed by atoms with Crippen LogP contribution in [-0.4, -0.2) is 25.2 Å². The van der Waals surface area contributed by atoms with Crippen molar-refractivity contribution in [2.75, 3.05) is 5.73 Å². The van der Waals surface area contributed by atoms with Gasteiger partial charge in [-0.2, -0.15) is 0 Å². The van der Waals surface area contributed by atoms with E-state index in [1.54, 1.807) is 16.8 Å². The Morgan fingerprint density at radius 2 is 1.96 bits per heavy atom. The molecule has 0 aliphatic heterocycles. The van der Waals surface area contributed by atoms with E-state index in [-0.39, 0.29) is 22.4 Å². The quantitative estimate of drug-likeness (QED) is 0.733. The van der Waals surface area contributed by atoms with Gasteiger partial charge < -0.3 is 20.0 Å². The molecule has 0 fully saturated rings. The standard InChI is InChI=1S/C18H19FN4O3/c1-9-12-14(24)11(17(25)26)8-23(18(2,3)4)15(12)21-16(13(9)19)22-6-5-10(20)7-22/h5-8H,20H2,1-4H3,(H,25,26). The van der Waals surface area contributed by atoms with Gasteiger partial charge in [-0.1, -0.05) is 0 Å². The van der Waals surface area contributed by atoms with Crippen LogP contribution in [0.25, 0.3) is 16.9 Å². The first-order valence-electron chi connectivity index (χ1n) is 7.95. The third-order valence-corrected chi connectivity index (χ3v) is 4.21. The Morgan fingerprint density at radius 1 is 1.31 bits per heavy atom. The molecule has 0 spiro atoms. The van der Waals surface area contributed by atoms with Crippen molar-refractivity contribution in [1.82, 2.24) is 14.1 Å². The van der Waals surface area contributed by atoms with Crippen LogP contribution in [-0.2, 0) is 5.54 Å². The van der Waals surface area contributed by atoms with Gasteiger partial charge in [-0.25, -0.2) is 14.2 Å². The Bertz CT molecular complexity index is 1110. The number of carboxylic acids is 1. The Labute approximate surface area is 148 Å². The first kappa shape index (κ1) is 17.7. The van der Waals surface area contributed by atoms with Crippen molar-refractivity contribution in [1.29, 1.82) is 0 Å². The van der Waals surface area contributed by atoms with Crippen molar-refractivity contribution in [3.05, 3.63) is 51.8 Å². The normalized spacial score (nSPS) is 11.9. The van der Waals surface area contributed by atoms with E-state index in [9.17, 15) is 19.1 Å². The molecule has 0 amide bonds. The number of hydrogen-bond donors (Lipinski definition) is 2. The number of carboxylic acid groups (broad SMARTS) is 1. The molecule has 0 unspecified atom stereocenters. The maximum Gasteiger partial charge on any atom is 0.341 e. The number of aryl methyl sites for hydroxylation is 1. The second-order valence-electron chi connectivity index (χ2n) is 7.14. The number of anilines is 1. The fourth-order valence-corrected chi connectivity index (χ4v) is 2.86. The fourth-order valence-electron chi connectivity index (χ4n) is 2.86. The van der Waals surface area contributed by atoms with Gasteiger partial charge in [-0.15, -0.1) is 0 Å². The Morgan fingerprint density at radius 3 is 2.46 bits per heavy atom. The van der Waals surface area contributed by atoms with Gasteiger partial charge in [0.15, 0.2) is 11.6 Å². The van der Waals surface area contributed by atoms with Crippen molar-refractivity contribution in [3.63, 3.8) is 0 Å². The van der Waals surface area contributed by atoms with Crippen LogP contribution in [0.3, 0.4) is 0 Å². The number of halogens is 1. The minimum Gasteiger partial charge on any atom is -0.477 e. The molecule has 3 aromatic rings. The van der Waals surface area contributed by atoms with E-state index < -0.39 is 28.3 Å². The predicted molar refractivity (Wildman–Crippen MR) is 96.4 cm³/mol. The number of nitrogens with two attached hydrogens (primary N) is 1. The molecule has 8 heteroatoms. The van der Waals surface area contributed by atoms with Crippen LogP contribution in [0.5, 0.6) is 0 Å². The van der Waals surface area contributed by atoms with E-state index in [0.29, 0.717) is 5.69 Å². The highest BCUT2D eigenvalue weighted by atomic mass is 19.1. The highest BCUT2D eigenvalue weighted by molar-refractivity contribution is 5.93. The van der Waals surface area contributed by atoms with E-state index in [2.05, 4.69) is 4.98 Å². The van der Waals surface area contributed by atoms with Gasteiger partial charge in [0.1, 0.15) is 11.2 Å². The number of nitrogens with zero attached hydrogens (tertiary/aromatic N) is 3. The molecule has 7 nitrogen and oxygen atoms in total. The molecule has 0 saturated carbocycles. The number of aromatic carboxylic acids is 1. The van der Waals surface area contributed by atoms with Crippen molar-refractivity contribution in [2.45, 2.75) is 33.2 Å². The zero-order chi connectivity index (χ0) is 19.4. The molecule has 3 heterocycles. The van der Waals surface area contributed by atoms with Gasteiger partial charge in [-0.05, 0) is 33.8 Å². The SMILES string of the molecule is Cc1c(F)c(-n2ccc(N)c2)nc2c1c(=O)c(C(=O)O)cn2C(C)(C)C. The third-order valence-electron chi connectivity index (χ3n) is 4.21. The van der Waals surface area contributed by atoms with Crippen molar-refractivity contribution >= 4 is 22.7 Å². The lowest BCUT2D eigenvalue weighted by atomic mass is 10.0. The molecular formula is C18H19FN4O3. The summed E-state index contributed by atoms with van der Waals surface area (Å²) in [5, 5.41) is 9.32. The van der Waals surface area contributed by atoms with Crippen LogP contribution < -0.4 is 11.2 Å². The molecule has 0 bridgehead atoms. The van der Waals surface area contributed by atoms with Gasteiger partial charge in [-0.3, -0.25) is 4.79 Å². The molecule has 0 aromatic carbocycles. The first-order valence-corrected chi connectivity index (χ1v) is 7.95. The number of hydrogen-bond acceptors (Lipinski definition) is 4. The largest absolute Gasteiger partial charge is 0.477 e. The van der Waals surface area contributed by atoms with Gasteiger partial charge in [0.25, 0.3) is 0 Å². The van der Waals surface area contributed by atoms with Crippen molar-refractivity contribution < 1.29 is 14.3 Å². The van der Waals surface area contributed by atoms with E-state index in [1.807, 2.05) is 20.8 Å². The summed E-state index contributed by atoms with van der Waals surface area (Å²) in [5.41, 5.74) is 4.65. The number of pyridine rings is 2. The topological polar surface area (TPSA) is 103 Å². The van der Waals surface area contributed by atoms with Crippen LogP contribution in [0.1, 0.15) is 36.7 Å². The lowest BCUT2D eigenvalue weighted by Gasteiger charge is -2.26. The van der Waals surface area contributed by atoms with Crippen LogP contribution in [0, 0.1) is 12.7 Å². The smallest absolute Gasteiger partial charge is 0.341 e. The molecule has 3 N–H and O–H groups in total. The lowest BCUT2D eigenvalue weighted by Crippen LogP contribution is -2.29.